The van der Waals surface area contributed by atoms with E-state index in [1.807, 2.05) is 18.2 Å². The summed E-state index contributed by atoms with van der Waals surface area (Å²) in [4.78, 5) is 40.4. The normalized spacial score (nSPS) is 11.4. The molecule has 2 N–H and O–H groups in total. The first-order valence-corrected chi connectivity index (χ1v) is 8.26. The molecule has 0 unspecified atom stereocenters. The molecule has 0 aliphatic carbocycles. The Morgan fingerprint density at radius 2 is 1.59 bits per heavy atom. The fourth-order valence-corrected chi connectivity index (χ4v) is 2.34. The SMILES string of the molecule is C[C@@H](OC(=O)c1ccc2ccccc2n1)C(=O)NNC(=O)c1ccccc1. The van der Waals surface area contributed by atoms with Gasteiger partial charge in [-0.05, 0) is 31.2 Å². The number of ether oxygens (including phenoxy) is 1. The van der Waals surface area contributed by atoms with Crippen molar-refractivity contribution in [3.8, 4) is 0 Å². The Morgan fingerprint density at radius 1 is 0.889 bits per heavy atom. The Kier molecular flexibility index (Phi) is 5.41. The lowest BCUT2D eigenvalue weighted by Crippen LogP contribution is -2.46. The molecule has 2 amide bonds. The molecule has 136 valence electrons. The Balaban J connectivity index is 1.56. The first-order chi connectivity index (χ1) is 13.0. The minimum Gasteiger partial charge on any atom is -0.448 e. The third kappa shape index (κ3) is 4.46. The zero-order valence-electron chi connectivity index (χ0n) is 14.5. The number of esters is 1. The van der Waals surface area contributed by atoms with Crippen molar-refractivity contribution in [1.82, 2.24) is 15.8 Å². The minimum atomic E-state index is -1.11. The van der Waals surface area contributed by atoms with Crippen LogP contribution in [0.1, 0.15) is 27.8 Å². The fourth-order valence-electron chi connectivity index (χ4n) is 2.34. The summed E-state index contributed by atoms with van der Waals surface area (Å²) in [5.41, 5.74) is 5.64. The number of aromatic nitrogens is 1. The number of hydrogen-bond donors (Lipinski definition) is 2. The van der Waals surface area contributed by atoms with E-state index in [4.69, 9.17) is 4.74 Å². The predicted octanol–water partition coefficient (Wildman–Crippen LogP) is 2.24. The Morgan fingerprint density at radius 3 is 2.37 bits per heavy atom. The van der Waals surface area contributed by atoms with Gasteiger partial charge in [0.15, 0.2) is 6.10 Å². The highest BCUT2D eigenvalue weighted by atomic mass is 16.5. The first-order valence-electron chi connectivity index (χ1n) is 8.26. The molecule has 0 saturated carbocycles. The number of pyridine rings is 1. The molecular weight excluding hydrogens is 346 g/mol. The van der Waals surface area contributed by atoms with Gasteiger partial charge in [0.05, 0.1) is 5.52 Å². The quantitative estimate of drug-likeness (QED) is 0.547. The molecule has 1 atom stereocenters. The second-order valence-corrected chi connectivity index (χ2v) is 5.75. The molecule has 27 heavy (non-hydrogen) atoms. The summed E-state index contributed by atoms with van der Waals surface area (Å²) in [5, 5.41) is 0.892. The molecule has 0 spiro atoms. The molecule has 0 radical (unpaired) electrons. The third-order valence-corrected chi connectivity index (χ3v) is 3.80. The van der Waals surface area contributed by atoms with Crippen LogP contribution in [0, 0.1) is 0 Å². The van der Waals surface area contributed by atoms with Crippen molar-refractivity contribution in [3.63, 3.8) is 0 Å². The number of hydrogen-bond acceptors (Lipinski definition) is 5. The maximum absolute atomic E-state index is 12.2. The van der Waals surface area contributed by atoms with E-state index in [0.29, 0.717) is 11.1 Å². The lowest BCUT2D eigenvalue weighted by molar-refractivity contribution is -0.129. The lowest BCUT2D eigenvalue weighted by atomic mass is 10.2. The maximum Gasteiger partial charge on any atom is 0.357 e. The van der Waals surface area contributed by atoms with E-state index in [1.54, 1.807) is 42.5 Å². The standard InChI is InChI=1S/C20H17N3O4/c1-13(18(24)22-23-19(25)15-8-3-2-4-9-15)27-20(26)17-12-11-14-7-5-6-10-16(14)21-17/h2-13H,1H3,(H,22,24)(H,23,25)/t13-/m1/s1. The Bertz CT molecular complexity index is 989. The summed E-state index contributed by atoms with van der Waals surface area (Å²) >= 11 is 0. The summed E-state index contributed by atoms with van der Waals surface area (Å²) in [6.45, 7) is 1.41. The minimum absolute atomic E-state index is 0.0988. The summed E-state index contributed by atoms with van der Waals surface area (Å²) in [5.74, 6) is -1.86. The number of carbonyl (C=O) groups is 3. The van der Waals surface area contributed by atoms with Crippen LogP contribution in [0.5, 0.6) is 0 Å². The summed E-state index contributed by atoms with van der Waals surface area (Å²) in [7, 11) is 0. The van der Waals surface area contributed by atoms with E-state index in [1.165, 1.54) is 13.0 Å². The van der Waals surface area contributed by atoms with Crippen molar-refractivity contribution in [2.75, 3.05) is 0 Å². The topological polar surface area (TPSA) is 97.4 Å². The number of carbonyl (C=O) groups excluding carboxylic acids is 3. The summed E-state index contributed by atoms with van der Waals surface area (Å²) in [6.07, 6.45) is -1.11. The molecule has 0 saturated heterocycles. The third-order valence-electron chi connectivity index (χ3n) is 3.80. The number of rotatable bonds is 4. The zero-order chi connectivity index (χ0) is 19.2. The highest BCUT2D eigenvalue weighted by Gasteiger charge is 2.20. The first kappa shape index (κ1) is 18.1. The molecule has 1 heterocycles. The van der Waals surface area contributed by atoms with E-state index >= 15 is 0 Å². The summed E-state index contributed by atoms with van der Waals surface area (Å²) in [6, 6.07) is 19.0. The van der Waals surface area contributed by atoms with Crippen LogP contribution in [0.4, 0.5) is 0 Å². The van der Waals surface area contributed by atoms with E-state index in [-0.39, 0.29) is 5.69 Å². The molecule has 7 heteroatoms. The van der Waals surface area contributed by atoms with Gasteiger partial charge < -0.3 is 4.74 Å². The van der Waals surface area contributed by atoms with Crippen LogP contribution in [0.15, 0.2) is 66.7 Å². The van der Waals surface area contributed by atoms with Crippen molar-refractivity contribution in [1.29, 1.82) is 0 Å². The summed E-state index contributed by atoms with van der Waals surface area (Å²) < 4.78 is 5.12. The van der Waals surface area contributed by atoms with Gasteiger partial charge >= 0.3 is 5.97 Å². The van der Waals surface area contributed by atoms with Gasteiger partial charge in [-0.3, -0.25) is 20.4 Å². The van der Waals surface area contributed by atoms with E-state index in [0.717, 1.165) is 5.39 Å². The van der Waals surface area contributed by atoms with Gasteiger partial charge in [-0.15, -0.1) is 0 Å². The molecule has 2 aromatic carbocycles. The van der Waals surface area contributed by atoms with Crippen LogP contribution < -0.4 is 10.9 Å². The number of fused-ring (bicyclic) bond motifs is 1. The highest BCUT2D eigenvalue weighted by molar-refractivity contribution is 5.96. The molecule has 3 rings (SSSR count). The van der Waals surface area contributed by atoms with E-state index in [9.17, 15) is 14.4 Å². The average molecular weight is 363 g/mol. The van der Waals surface area contributed by atoms with Crippen molar-refractivity contribution < 1.29 is 19.1 Å². The average Bonchev–Trinajstić information content (AvgIpc) is 2.71. The Hall–Kier alpha value is -3.74. The van der Waals surface area contributed by atoms with Crippen LogP contribution in [-0.4, -0.2) is 28.9 Å². The van der Waals surface area contributed by atoms with E-state index in [2.05, 4.69) is 15.8 Å². The molecule has 1 aromatic heterocycles. The van der Waals surface area contributed by atoms with Crippen LogP contribution in [0.25, 0.3) is 10.9 Å². The second-order valence-electron chi connectivity index (χ2n) is 5.75. The fraction of sp³-hybridized carbons (Fsp3) is 0.100. The highest BCUT2D eigenvalue weighted by Crippen LogP contribution is 2.12. The molecule has 7 nitrogen and oxygen atoms in total. The number of hydrazine groups is 1. The van der Waals surface area contributed by atoms with Crippen molar-refractivity contribution in [2.24, 2.45) is 0 Å². The van der Waals surface area contributed by atoms with Crippen molar-refractivity contribution in [3.05, 3.63) is 78.0 Å². The smallest absolute Gasteiger partial charge is 0.357 e. The van der Waals surface area contributed by atoms with Crippen LogP contribution in [0.3, 0.4) is 0 Å². The number of benzene rings is 2. The second kappa shape index (κ2) is 8.09. The molecule has 0 aliphatic rings. The maximum atomic E-state index is 12.2. The number of nitrogens with one attached hydrogen (secondary N) is 2. The van der Waals surface area contributed by atoms with Gasteiger partial charge in [0.2, 0.25) is 0 Å². The van der Waals surface area contributed by atoms with E-state index < -0.39 is 23.9 Å². The van der Waals surface area contributed by atoms with Gasteiger partial charge in [0.25, 0.3) is 11.8 Å². The molecule has 0 bridgehead atoms. The molecule has 0 fully saturated rings. The monoisotopic (exact) mass is 363 g/mol. The molecule has 3 aromatic rings. The number of nitrogens with zero attached hydrogens (tertiary/aromatic N) is 1. The van der Waals surface area contributed by atoms with Gasteiger partial charge in [-0.2, -0.15) is 0 Å². The van der Waals surface area contributed by atoms with Crippen LogP contribution >= 0.6 is 0 Å². The van der Waals surface area contributed by atoms with Crippen molar-refractivity contribution >= 4 is 28.7 Å². The van der Waals surface area contributed by atoms with Gasteiger partial charge in [-0.25, -0.2) is 9.78 Å². The molecule has 0 aliphatic heterocycles. The van der Waals surface area contributed by atoms with Gasteiger partial charge in [-0.1, -0.05) is 42.5 Å². The Labute approximate surface area is 155 Å². The zero-order valence-corrected chi connectivity index (χ0v) is 14.5. The lowest BCUT2D eigenvalue weighted by Gasteiger charge is -2.14. The largest absolute Gasteiger partial charge is 0.448 e. The van der Waals surface area contributed by atoms with Crippen LogP contribution in [-0.2, 0) is 9.53 Å². The van der Waals surface area contributed by atoms with Gasteiger partial charge in [0, 0.05) is 10.9 Å². The molecular formula is C20H17N3O4. The number of amides is 2. The van der Waals surface area contributed by atoms with Crippen molar-refractivity contribution in [2.45, 2.75) is 13.0 Å². The van der Waals surface area contributed by atoms with Gasteiger partial charge in [0.1, 0.15) is 5.69 Å². The predicted molar refractivity (Wildman–Crippen MR) is 98.7 cm³/mol. The van der Waals surface area contributed by atoms with Crippen LogP contribution in [0.2, 0.25) is 0 Å². The number of para-hydroxylation sites is 1.